The van der Waals surface area contributed by atoms with Crippen molar-refractivity contribution in [1.82, 2.24) is 15.3 Å². The number of fused-ring (bicyclic) bond motifs is 1. The van der Waals surface area contributed by atoms with Crippen LogP contribution in [0.15, 0.2) is 58.1 Å². The second-order valence-electron chi connectivity index (χ2n) is 8.09. The van der Waals surface area contributed by atoms with Crippen molar-refractivity contribution in [3.63, 3.8) is 0 Å². The average Bonchev–Trinajstić information content (AvgIpc) is 2.77. The molecule has 7 nitrogen and oxygen atoms in total. The van der Waals surface area contributed by atoms with Gasteiger partial charge in [-0.15, -0.1) is 0 Å². The molecule has 0 saturated heterocycles. The van der Waals surface area contributed by atoms with Gasteiger partial charge in [-0.1, -0.05) is 18.2 Å². The first-order valence-electron chi connectivity index (χ1n) is 10.6. The van der Waals surface area contributed by atoms with Gasteiger partial charge in [0.15, 0.2) is 0 Å². The Morgan fingerprint density at radius 2 is 1.76 bits per heavy atom. The van der Waals surface area contributed by atoms with Gasteiger partial charge in [0, 0.05) is 45.9 Å². The highest BCUT2D eigenvalue weighted by atomic mass is 16.5. The van der Waals surface area contributed by atoms with Crippen LogP contribution < -0.4 is 21.2 Å². The zero-order valence-corrected chi connectivity index (χ0v) is 19.0. The lowest BCUT2D eigenvalue weighted by Gasteiger charge is -2.15. The molecule has 0 aliphatic rings. The normalized spacial score (nSPS) is 10.9. The molecule has 0 spiro atoms. The topological polar surface area (TPSA) is 104 Å². The summed E-state index contributed by atoms with van der Waals surface area (Å²) in [7, 11) is 1.60. The standard InChI is InChI=1S/C26H25N3O4/c1-14-6-5-7-18(24(14)33-4)17-11-20(19-8-9-23(30)29-22(19)12-17)25(31)27-13-21-15(2)10-16(3)28-26(21)32/h5-12H,13H2,1-4H3,(H,27,31)(H,28,32)(H,29,30). The maximum atomic E-state index is 13.3. The van der Waals surface area contributed by atoms with Gasteiger partial charge in [-0.2, -0.15) is 0 Å². The Bertz CT molecular complexity index is 1500. The number of methoxy groups -OCH3 is 1. The van der Waals surface area contributed by atoms with Crippen LogP contribution in [0.1, 0.15) is 32.7 Å². The first-order valence-corrected chi connectivity index (χ1v) is 10.6. The molecular formula is C26H25N3O4. The van der Waals surface area contributed by atoms with Crippen molar-refractivity contribution in [3.8, 4) is 16.9 Å². The number of H-pyrrole nitrogens is 2. The van der Waals surface area contributed by atoms with Crippen molar-refractivity contribution in [2.45, 2.75) is 27.3 Å². The molecule has 0 radical (unpaired) electrons. The van der Waals surface area contributed by atoms with Crippen LogP contribution in [-0.4, -0.2) is 23.0 Å². The fourth-order valence-corrected chi connectivity index (χ4v) is 4.13. The molecule has 0 aliphatic carbocycles. The summed E-state index contributed by atoms with van der Waals surface area (Å²) in [6.45, 7) is 5.69. The van der Waals surface area contributed by atoms with Crippen LogP contribution in [0.25, 0.3) is 22.0 Å². The van der Waals surface area contributed by atoms with Gasteiger partial charge in [-0.25, -0.2) is 0 Å². The van der Waals surface area contributed by atoms with Crippen molar-refractivity contribution in [3.05, 3.63) is 97.2 Å². The highest BCUT2D eigenvalue weighted by molar-refractivity contribution is 6.08. The molecule has 4 rings (SSSR count). The van der Waals surface area contributed by atoms with Gasteiger partial charge in [0.1, 0.15) is 5.75 Å². The SMILES string of the molecule is COc1c(C)cccc1-c1cc(C(=O)NCc2c(C)cc(C)[nH]c2=O)c2ccc(=O)[nH]c2c1. The third-order valence-corrected chi connectivity index (χ3v) is 5.73. The number of para-hydroxylation sites is 1. The summed E-state index contributed by atoms with van der Waals surface area (Å²) in [5.74, 6) is 0.350. The van der Waals surface area contributed by atoms with Gasteiger partial charge in [0.2, 0.25) is 5.56 Å². The van der Waals surface area contributed by atoms with E-state index in [9.17, 15) is 14.4 Å². The zero-order valence-electron chi connectivity index (χ0n) is 19.0. The predicted molar refractivity (Wildman–Crippen MR) is 129 cm³/mol. The highest BCUT2D eigenvalue weighted by Crippen LogP contribution is 2.35. The van der Waals surface area contributed by atoms with Crippen LogP contribution in [0, 0.1) is 20.8 Å². The average molecular weight is 444 g/mol. The molecular weight excluding hydrogens is 418 g/mol. The molecule has 0 saturated carbocycles. The maximum absolute atomic E-state index is 13.3. The molecule has 3 N–H and O–H groups in total. The van der Waals surface area contributed by atoms with Crippen LogP contribution in [0.4, 0.5) is 0 Å². The number of ether oxygens (including phenoxy) is 1. The lowest BCUT2D eigenvalue weighted by atomic mass is 9.96. The van der Waals surface area contributed by atoms with Gasteiger partial charge < -0.3 is 20.0 Å². The van der Waals surface area contributed by atoms with Gasteiger partial charge in [0.05, 0.1) is 7.11 Å². The summed E-state index contributed by atoms with van der Waals surface area (Å²) in [6, 6.07) is 14.3. The van der Waals surface area contributed by atoms with Crippen LogP contribution in [0.5, 0.6) is 5.75 Å². The van der Waals surface area contributed by atoms with E-state index < -0.39 is 0 Å². The van der Waals surface area contributed by atoms with Crippen molar-refractivity contribution in [1.29, 1.82) is 0 Å². The number of amides is 1. The number of aryl methyl sites for hydroxylation is 3. The zero-order chi connectivity index (χ0) is 23.7. The third kappa shape index (κ3) is 4.30. The number of carbonyl (C=O) groups is 1. The molecule has 0 aliphatic heterocycles. The molecule has 2 aromatic heterocycles. The van der Waals surface area contributed by atoms with Crippen molar-refractivity contribution < 1.29 is 9.53 Å². The number of nitrogens with one attached hydrogen (secondary N) is 3. The van der Waals surface area contributed by atoms with E-state index in [-0.39, 0.29) is 23.6 Å². The molecule has 168 valence electrons. The Hall–Kier alpha value is -4.13. The lowest BCUT2D eigenvalue weighted by molar-refractivity contribution is 0.0952. The summed E-state index contributed by atoms with van der Waals surface area (Å²) >= 11 is 0. The second-order valence-corrected chi connectivity index (χ2v) is 8.09. The summed E-state index contributed by atoms with van der Waals surface area (Å²) < 4.78 is 5.60. The Labute approximate surface area is 190 Å². The Morgan fingerprint density at radius 1 is 0.970 bits per heavy atom. The number of hydrogen-bond donors (Lipinski definition) is 3. The number of aromatic amines is 2. The number of carbonyl (C=O) groups excluding carboxylic acids is 1. The van der Waals surface area contributed by atoms with Gasteiger partial charge in [-0.05, 0) is 61.7 Å². The Morgan fingerprint density at radius 3 is 2.48 bits per heavy atom. The van der Waals surface area contributed by atoms with E-state index in [0.717, 1.165) is 27.9 Å². The monoisotopic (exact) mass is 443 g/mol. The van der Waals surface area contributed by atoms with Crippen molar-refractivity contribution in [2.75, 3.05) is 7.11 Å². The fraction of sp³-hybridized carbons (Fsp3) is 0.192. The summed E-state index contributed by atoms with van der Waals surface area (Å²) in [4.78, 5) is 43.2. The smallest absolute Gasteiger partial charge is 0.253 e. The Balaban J connectivity index is 1.80. The Kier molecular flexibility index (Phi) is 5.87. The number of hydrogen-bond acceptors (Lipinski definition) is 4. The minimum Gasteiger partial charge on any atom is -0.496 e. The van der Waals surface area contributed by atoms with E-state index in [1.165, 1.54) is 6.07 Å². The molecule has 33 heavy (non-hydrogen) atoms. The predicted octanol–water partition coefficient (Wildman–Crippen LogP) is 3.75. The summed E-state index contributed by atoms with van der Waals surface area (Å²) in [5, 5.41) is 3.47. The van der Waals surface area contributed by atoms with E-state index in [4.69, 9.17) is 4.74 Å². The number of benzene rings is 2. The van der Waals surface area contributed by atoms with E-state index in [1.807, 2.05) is 51.1 Å². The third-order valence-electron chi connectivity index (χ3n) is 5.73. The van der Waals surface area contributed by atoms with E-state index in [2.05, 4.69) is 15.3 Å². The molecule has 2 aromatic carbocycles. The molecule has 0 fully saturated rings. The highest BCUT2D eigenvalue weighted by Gasteiger charge is 2.17. The van der Waals surface area contributed by atoms with Gasteiger partial charge in [-0.3, -0.25) is 14.4 Å². The number of rotatable bonds is 5. The quantitative estimate of drug-likeness (QED) is 0.437. The minimum atomic E-state index is -0.347. The molecule has 1 amide bonds. The van der Waals surface area contributed by atoms with E-state index in [0.29, 0.717) is 27.8 Å². The molecule has 0 atom stereocenters. The number of pyridine rings is 2. The van der Waals surface area contributed by atoms with Crippen LogP contribution >= 0.6 is 0 Å². The first-order chi connectivity index (χ1) is 15.8. The van der Waals surface area contributed by atoms with Crippen LogP contribution in [0.3, 0.4) is 0 Å². The lowest BCUT2D eigenvalue weighted by Crippen LogP contribution is -2.28. The van der Waals surface area contributed by atoms with Crippen LogP contribution in [0.2, 0.25) is 0 Å². The van der Waals surface area contributed by atoms with E-state index >= 15 is 0 Å². The molecule has 4 aromatic rings. The molecule has 7 heteroatoms. The largest absolute Gasteiger partial charge is 0.496 e. The molecule has 2 heterocycles. The summed E-state index contributed by atoms with van der Waals surface area (Å²) in [6.07, 6.45) is 0. The molecule has 0 bridgehead atoms. The van der Waals surface area contributed by atoms with Crippen molar-refractivity contribution >= 4 is 16.8 Å². The fourth-order valence-electron chi connectivity index (χ4n) is 4.13. The molecule has 0 unspecified atom stereocenters. The van der Waals surface area contributed by atoms with Gasteiger partial charge in [0.25, 0.3) is 11.5 Å². The second kappa shape index (κ2) is 8.78. The maximum Gasteiger partial charge on any atom is 0.253 e. The minimum absolute atomic E-state index is 0.0864. The first kappa shape index (κ1) is 22.1. The van der Waals surface area contributed by atoms with E-state index in [1.54, 1.807) is 19.2 Å². The van der Waals surface area contributed by atoms with Crippen molar-refractivity contribution in [2.24, 2.45) is 0 Å². The van der Waals surface area contributed by atoms with Gasteiger partial charge >= 0.3 is 0 Å². The summed E-state index contributed by atoms with van der Waals surface area (Å²) in [5.41, 5.74) is 5.03. The van der Waals surface area contributed by atoms with Crippen LogP contribution in [-0.2, 0) is 6.54 Å². The number of aromatic nitrogens is 2.